The first-order valence-corrected chi connectivity index (χ1v) is 6.59. The molecule has 0 amide bonds. The maximum Gasteiger partial charge on any atom is 0.337 e. The van der Waals surface area contributed by atoms with Crippen molar-refractivity contribution in [1.82, 2.24) is 4.98 Å². The molecule has 0 radical (unpaired) electrons. The summed E-state index contributed by atoms with van der Waals surface area (Å²) in [6.45, 7) is 0.307. The first kappa shape index (κ1) is 14.3. The number of ether oxygens (including phenoxy) is 2. The minimum Gasteiger partial charge on any atom is -0.487 e. The number of carbonyl (C=O) groups excluding carboxylic acids is 1. The van der Waals surface area contributed by atoms with Crippen LogP contribution in [0.15, 0.2) is 41.1 Å². The highest BCUT2D eigenvalue weighted by Gasteiger charge is 2.09. The number of hydrogen-bond acceptors (Lipinski definition) is 5. The van der Waals surface area contributed by atoms with Crippen LogP contribution in [0.1, 0.15) is 15.9 Å². The van der Waals surface area contributed by atoms with E-state index in [9.17, 15) is 4.79 Å². The van der Waals surface area contributed by atoms with Crippen LogP contribution < -0.4 is 10.5 Å². The Hall–Kier alpha value is -2.08. The molecular weight excluding hydrogens is 324 g/mol. The molecule has 1 aromatic carbocycles. The van der Waals surface area contributed by atoms with Crippen LogP contribution in [-0.4, -0.2) is 18.1 Å². The van der Waals surface area contributed by atoms with Gasteiger partial charge in [0, 0.05) is 22.4 Å². The van der Waals surface area contributed by atoms with Gasteiger partial charge in [0.15, 0.2) is 0 Å². The Morgan fingerprint density at radius 2 is 2.15 bits per heavy atom. The fraction of sp³-hybridized carbons (Fsp3) is 0.143. The summed E-state index contributed by atoms with van der Waals surface area (Å²) in [5.74, 6) is 0.00634. The first-order chi connectivity index (χ1) is 9.60. The van der Waals surface area contributed by atoms with Crippen molar-refractivity contribution in [2.24, 2.45) is 0 Å². The fourth-order valence-electron chi connectivity index (χ4n) is 1.60. The summed E-state index contributed by atoms with van der Waals surface area (Å²) in [6.07, 6.45) is 3.39. The minimum absolute atomic E-state index is 0.307. The number of nitrogen functional groups attached to an aromatic ring is 1. The number of rotatable bonds is 4. The maximum atomic E-state index is 11.5. The molecule has 1 heterocycles. The van der Waals surface area contributed by atoms with Gasteiger partial charge in [-0.05, 0) is 40.2 Å². The van der Waals surface area contributed by atoms with E-state index in [1.165, 1.54) is 7.11 Å². The van der Waals surface area contributed by atoms with E-state index in [2.05, 4.69) is 25.7 Å². The normalized spacial score (nSPS) is 10.1. The van der Waals surface area contributed by atoms with Crippen molar-refractivity contribution in [2.75, 3.05) is 12.8 Å². The molecule has 2 N–H and O–H groups in total. The van der Waals surface area contributed by atoms with Gasteiger partial charge in [0.2, 0.25) is 0 Å². The second kappa shape index (κ2) is 6.38. The van der Waals surface area contributed by atoms with Crippen LogP contribution in [0, 0.1) is 0 Å². The van der Waals surface area contributed by atoms with Crippen molar-refractivity contribution in [3.63, 3.8) is 0 Å². The van der Waals surface area contributed by atoms with Gasteiger partial charge in [-0.2, -0.15) is 0 Å². The van der Waals surface area contributed by atoms with E-state index in [1.54, 1.807) is 30.6 Å². The van der Waals surface area contributed by atoms with E-state index in [0.29, 0.717) is 23.6 Å². The Bertz CT molecular complexity index is 632. The van der Waals surface area contributed by atoms with Gasteiger partial charge >= 0.3 is 5.97 Å². The summed E-state index contributed by atoms with van der Waals surface area (Å²) in [7, 11) is 1.33. The lowest BCUT2D eigenvalue weighted by Crippen LogP contribution is -2.04. The predicted molar refractivity (Wildman–Crippen MR) is 78.5 cm³/mol. The molecule has 0 saturated heterocycles. The zero-order chi connectivity index (χ0) is 14.5. The number of hydrogen-bond donors (Lipinski definition) is 1. The van der Waals surface area contributed by atoms with Gasteiger partial charge in [-0.25, -0.2) is 4.79 Å². The van der Waals surface area contributed by atoms with E-state index in [4.69, 9.17) is 10.5 Å². The van der Waals surface area contributed by atoms with E-state index in [0.717, 1.165) is 10.0 Å². The standard InChI is InChI=1S/C14H13BrN2O3/c1-19-14(18)10-2-3-12(16)13(5-10)20-8-9-4-11(15)7-17-6-9/h2-7H,8,16H2,1H3. The molecule has 0 bridgehead atoms. The molecule has 0 spiro atoms. The first-order valence-electron chi connectivity index (χ1n) is 5.80. The number of pyridine rings is 1. The van der Waals surface area contributed by atoms with E-state index < -0.39 is 5.97 Å². The lowest BCUT2D eigenvalue weighted by Gasteiger charge is -2.10. The van der Waals surface area contributed by atoms with Crippen LogP contribution >= 0.6 is 15.9 Å². The number of anilines is 1. The molecule has 0 aliphatic rings. The number of benzene rings is 1. The van der Waals surface area contributed by atoms with Crippen molar-refractivity contribution in [3.8, 4) is 5.75 Å². The monoisotopic (exact) mass is 336 g/mol. The Balaban J connectivity index is 2.14. The molecule has 0 fully saturated rings. The van der Waals surface area contributed by atoms with Crippen LogP contribution in [0.3, 0.4) is 0 Å². The number of carbonyl (C=O) groups is 1. The van der Waals surface area contributed by atoms with Crippen molar-refractivity contribution in [3.05, 3.63) is 52.3 Å². The number of aromatic nitrogens is 1. The Morgan fingerprint density at radius 1 is 1.35 bits per heavy atom. The third-order valence-corrected chi connectivity index (χ3v) is 3.02. The van der Waals surface area contributed by atoms with Crippen LogP contribution in [0.4, 0.5) is 5.69 Å². The molecule has 5 nitrogen and oxygen atoms in total. The molecular formula is C14H13BrN2O3. The third kappa shape index (κ3) is 3.48. The van der Waals surface area contributed by atoms with Gasteiger partial charge in [0.1, 0.15) is 12.4 Å². The largest absolute Gasteiger partial charge is 0.487 e. The lowest BCUT2D eigenvalue weighted by atomic mass is 10.2. The molecule has 20 heavy (non-hydrogen) atoms. The second-order valence-corrected chi connectivity index (χ2v) is 4.96. The molecule has 0 saturated carbocycles. The van der Waals surface area contributed by atoms with Gasteiger partial charge in [0.25, 0.3) is 0 Å². The van der Waals surface area contributed by atoms with Gasteiger partial charge < -0.3 is 15.2 Å². The van der Waals surface area contributed by atoms with Crippen LogP contribution in [0.5, 0.6) is 5.75 Å². The summed E-state index contributed by atoms with van der Waals surface area (Å²) in [5, 5.41) is 0. The van der Waals surface area contributed by atoms with E-state index in [1.807, 2.05) is 6.07 Å². The summed E-state index contributed by atoms with van der Waals surface area (Å²) in [6, 6.07) is 6.66. The molecule has 6 heteroatoms. The number of methoxy groups -OCH3 is 1. The quantitative estimate of drug-likeness (QED) is 0.686. The summed E-state index contributed by atoms with van der Waals surface area (Å²) >= 11 is 3.34. The number of halogens is 1. The highest BCUT2D eigenvalue weighted by molar-refractivity contribution is 9.10. The lowest BCUT2D eigenvalue weighted by molar-refractivity contribution is 0.0600. The van der Waals surface area contributed by atoms with Crippen LogP contribution in [-0.2, 0) is 11.3 Å². The summed E-state index contributed by atoms with van der Waals surface area (Å²) in [4.78, 5) is 15.5. The molecule has 1 aromatic heterocycles. The highest BCUT2D eigenvalue weighted by atomic mass is 79.9. The topological polar surface area (TPSA) is 74.4 Å². The Labute approximate surface area is 124 Å². The second-order valence-electron chi connectivity index (χ2n) is 4.04. The number of nitrogens with two attached hydrogens (primary N) is 1. The Morgan fingerprint density at radius 3 is 2.85 bits per heavy atom. The van der Waals surface area contributed by atoms with Crippen molar-refractivity contribution in [2.45, 2.75) is 6.61 Å². The average Bonchev–Trinajstić information content (AvgIpc) is 2.45. The summed E-state index contributed by atoms with van der Waals surface area (Å²) in [5.41, 5.74) is 7.57. The predicted octanol–water partition coefficient (Wildman–Crippen LogP) is 2.79. The fourth-order valence-corrected chi connectivity index (χ4v) is 2.01. The zero-order valence-electron chi connectivity index (χ0n) is 10.8. The van der Waals surface area contributed by atoms with Gasteiger partial charge in [-0.15, -0.1) is 0 Å². The zero-order valence-corrected chi connectivity index (χ0v) is 12.4. The van der Waals surface area contributed by atoms with E-state index in [-0.39, 0.29) is 0 Å². The maximum absolute atomic E-state index is 11.5. The number of nitrogens with zero attached hydrogens (tertiary/aromatic N) is 1. The van der Waals surface area contributed by atoms with Crippen LogP contribution in [0.2, 0.25) is 0 Å². The highest BCUT2D eigenvalue weighted by Crippen LogP contribution is 2.24. The molecule has 2 aromatic rings. The SMILES string of the molecule is COC(=O)c1ccc(N)c(OCc2cncc(Br)c2)c1. The molecule has 0 unspecified atom stereocenters. The Kier molecular flexibility index (Phi) is 4.57. The smallest absolute Gasteiger partial charge is 0.337 e. The van der Waals surface area contributed by atoms with Crippen molar-refractivity contribution >= 4 is 27.6 Å². The molecule has 0 aliphatic carbocycles. The molecule has 0 atom stereocenters. The summed E-state index contributed by atoms with van der Waals surface area (Å²) < 4.78 is 11.1. The van der Waals surface area contributed by atoms with Crippen molar-refractivity contribution in [1.29, 1.82) is 0 Å². The van der Waals surface area contributed by atoms with Crippen molar-refractivity contribution < 1.29 is 14.3 Å². The van der Waals surface area contributed by atoms with Gasteiger partial charge in [-0.1, -0.05) is 0 Å². The minimum atomic E-state index is -0.432. The van der Waals surface area contributed by atoms with Gasteiger partial charge in [0.05, 0.1) is 18.4 Å². The van der Waals surface area contributed by atoms with Gasteiger partial charge in [-0.3, -0.25) is 4.98 Å². The molecule has 0 aliphatic heterocycles. The molecule has 104 valence electrons. The van der Waals surface area contributed by atoms with Crippen LogP contribution in [0.25, 0.3) is 0 Å². The molecule has 2 rings (SSSR count). The van der Waals surface area contributed by atoms with E-state index >= 15 is 0 Å². The third-order valence-electron chi connectivity index (χ3n) is 2.59. The number of esters is 1. The average molecular weight is 337 g/mol.